The van der Waals surface area contributed by atoms with Gasteiger partial charge in [-0.05, 0) is 43.5 Å². The highest BCUT2D eigenvalue weighted by atomic mass is 32.2. The summed E-state index contributed by atoms with van der Waals surface area (Å²) in [5, 5.41) is 2.76. The molecule has 6 heteroatoms. The maximum absolute atomic E-state index is 12.4. The summed E-state index contributed by atoms with van der Waals surface area (Å²) >= 11 is 1.59. The van der Waals surface area contributed by atoms with E-state index in [1.165, 1.54) is 0 Å². The summed E-state index contributed by atoms with van der Waals surface area (Å²) < 4.78 is 10.8. The summed E-state index contributed by atoms with van der Waals surface area (Å²) in [5.41, 5.74) is 2.14. The molecule has 27 heavy (non-hydrogen) atoms. The van der Waals surface area contributed by atoms with Gasteiger partial charge in [-0.25, -0.2) is 4.79 Å². The van der Waals surface area contributed by atoms with E-state index in [1.54, 1.807) is 23.9 Å². The first-order valence-corrected chi connectivity index (χ1v) is 9.98. The molecule has 1 N–H and O–H groups in total. The van der Waals surface area contributed by atoms with Gasteiger partial charge in [0.2, 0.25) is 0 Å². The van der Waals surface area contributed by atoms with Crippen LogP contribution in [-0.4, -0.2) is 36.9 Å². The third-order valence-corrected chi connectivity index (χ3v) is 5.51. The maximum Gasteiger partial charge on any atom is 0.339 e. The molecule has 0 bridgehead atoms. The lowest BCUT2D eigenvalue weighted by molar-refractivity contribution is -0.119. The second kappa shape index (κ2) is 9.58. The highest BCUT2D eigenvalue weighted by Gasteiger charge is 2.19. The summed E-state index contributed by atoms with van der Waals surface area (Å²) in [4.78, 5) is 25.4. The summed E-state index contributed by atoms with van der Waals surface area (Å²) in [6.07, 6.45) is 2.38. The Bertz CT molecular complexity index is 802. The topological polar surface area (TPSA) is 64.6 Å². The molecule has 1 aliphatic heterocycles. The quantitative estimate of drug-likeness (QED) is 0.575. The van der Waals surface area contributed by atoms with Crippen LogP contribution in [0.2, 0.25) is 0 Å². The van der Waals surface area contributed by atoms with Crippen molar-refractivity contribution >= 4 is 29.3 Å². The van der Waals surface area contributed by atoms with Gasteiger partial charge >= 0.3 is 5.97 Å². The predicted octanol–water partition coefficient (Wildman–Crippen LogP) is 4.06. The van der Waals surface area contributed by atoms with Gasteiger partial charge in [0.25, 0.3) is 5.91 Å². The Balaban J connectivity index is 1.54. The van der Waals surface area contributed by atoms with Crippen LogP contribution in [0.4, 0.5) is 5.69 Å². The van der Waals surface area contributed by atoms with Gasteiger partial charge < -0.3 is 14.8 Å². The number of hydrogen-bond acceptors (Lipinski definition) is 5. The molecule has 0 unspecified atom stereocenters. The number of ether oxygens (including phenoxy) is 2. The first kappa shape index (κ1) is 19.5. The monoisotopic (exact) mass is 385 g/mol. The Labute approximate surface area is 163 Å². The van der Waals surface area contributed by atoms with E-state index in [9.17, 15) is 9.59 Å². The number of carbonyl (C=O) groups is 2. The van der Waals surface area contributed by atoms with Crippen molar-refractivity contribution in [3.8, 4) is 0 Å². The van der Waals surface area contributed by atoms with Gasteiger partial charge in [0.1, 0.15) is 0 Å². The van der Waals surface area contributed by atoms with E-state index in [2.05, 4.69) is 5.32 Å². The fourth-order valence-corrected chi connectivity index (χ4v) is 3.94. The third-order valence-electron chi connectivity index (χ3n) is 4.31. The van der Waals surface area contributed by atoms with Crippen LogP contribution in [-0.2, 0) is 14.3 Å². The molecule has 1 saturated heterocycles. The van der Waals surface area contributed by atoms with Crippen LogP contribution in [0.25, 0.3) is 0 Å². The van der Waals surface area contributed by atoms with Gasteiger partial charge in [-0.2, -0.15) is 0 Å². The number of benzene rings is 2. The number of amides is 1. The van der Waals surface area contributed by atoms with Crippen LogP contribution < -0.4 is 5.32 Å². The summed E-state index contributed by atoms with van der Waals surface area (Å²) in [7, 11) is 0. The fraction of sp³-hybridized carbons (Fsp3) is 0.333. The van der Waals surface area contributed by atoms with Crippen molar-refractivity contribution in [3.05, 3.63) is 59.7 Å². The lowest BCUT2D eigenvalue weighted by atomic mass is 10.2. The van der Waals surface area contributed by atoms with Crippen molar-refractivity contribution in [3.63, 3.8) is 0 Å². The lowest BCUT2D eigenvalue weighted by Gasteiger charge is -2.12. The molecule has 5 nitrogen and oxygen atoms in total. The predicted molar refractivity (Wildman–Crippen MR) is 106 cm³/mol. The molecule has 1 aliphatic rings. The molecule has 2 aromatic rings. The summed E-state index contributed by atoms with van der Waals surface area (Å²) in [6.45, 7) is 2.39. The second-order valence-corrected chi connectivity index (χ2v) is 7.44. The van der Waals surface area contributed by atoms with Crippen LogP contribution in [0, 0.1) is 6.92 Å². The Kier molecular flexibility index (Phi) is 6.90. The Morgan fingerprint density at radius 2 is 1.96 bits per heavy atom. The van der Waals surface area contributed by atoms with Crippen LogP contribution in [0.3, 0.4) is 0 Å². The SMILES string of the molecule is Cc1ccccc1NC(=O)COC(=O)c1ccccc1SC[C@@H]1CCCO1. The highest BCUT2D eigenvalue weighted by molar-refractivity contribution is 7.99. The zero-order valence-corrected chi connectivity index (χ0v) is 16.1. The number of esters is 1. The Hall–Kier alpha value is -2.31. The number of thioether (sulfide) groups is 1. The van der Waals surface area contributed by atoms with Crippen molar-refractivity contribution in [1.82, 2.24) is 0 Å². The van der Waals surface area contributed by atoms with E-state index >= 15 is 0 Å². The molecular weight excluding hydrogens is 362 g/mol. The standard InChI is InChI=1S/C21H23NO4S/c1-15-7-2-4-10-18(15)22-20(23)13-26-21(24)17-9-3-5-11-19(17)27-14-16-8-6-12-25-16/h2-5,7,9-11,16H,6,8,12-14H2,1H3,(H,22,23)/t16-/m0/s1. The van der Waals surface area contributed by atoms with E-state index in [4.69, 9.17) is 9.47 Å². The van der Waals surface area contributed by atoms with E-state index in [1.807, 2.05) is 43.3 Å². The minimum atomic E-state index is -0.495. The van der Waals surface area contributed by atoms with Gasteiger partial charge in [-0.1, -0.05) is 30.3 Å². The van der Waals surface area contributed by atoms with Crippen LogP contribution in [0.5, 0.6) is 0 Å². The molecule has 2 aromatic carbocycles. The number of aryl methyl sites for hydroxylation is 1. The van der Waals surface area contributed by atoms with Crippen molar-refractivity contribution in [2.24, 2.45) is 0 Å². The average Bonchev–Trinajstić information content (AvgIpc) is 3.20. The zero-order valence-electron chi connectivity index (χ0n) is 15.3. The number of anilines is 1. The normalized spacial score (nSPS) is 16.1. The molecule has 142 valence electrons. The van der Waals surface area contributed by atoms with Gasteiger partial charge in [-0.3, -0.25) is 4.79 Å². The molecular formula is C21H23NO4S. The first-order chi connectivity index (χ1) is 13.1. The number of hydrogen-bond donors (Lipinski definition) is 1. The van der Waals surface area contributed by atoms with Gasteiger partial charge in [-0.15, -0.1) is 11.8 Å². The van der Waals surface area contributed by atoms with Gasteiger partial charge in [0, 0.05) is 22.9 Å². The second-order valence-electron chi connectivity index (χ2n) is 6.38. The smallest absolute Gasteiger partial charge is 0.339 e. The van der Waals surface area contributed by atoms with Gasteiger partial charge in [0.05, 0.1) is 11.7 Å². The number of nitrogens with one attached hydrogen (secondary N) is 1. The zero-order chi connectivity index (χ0) is 19.1. The van der Waals surface area contributed by atoms with Crippen LogP contribution in [0.15, 0.2) is 53.4 Å². The minimum Gasteiger partial charge on any atom is -0.452 e. The Morgan fingerprint density at radius 1 is 1.19 bits per heavy atom. The van der Waals surface area contributed by atoms with E-state index in [0.29, 0.717) is 11.3 Å². The first-order valence-electron chi connectivity index (χ1n) is 8.99. The average molecular weight is 385 g/mol. The molecule has 3 rings (SSSR count). The summed E-state index contributed by atoms with van der Waals surface area (Å²) in [5.74, 6) is -0.0505. The van der Waals surface area contributed by atoms with Crippen molar-refractivity contribution in [2.75, 3.05) is 24.3 Å². The Morgan fingerprint density at radius 3 is 2.74 bits per heavy atom. The molecule has 1 amide bonds. The molecule has 0 aromatic heterocycles. The van der Waals surface area contributed by atoms with Crippen molar-refractivity contribution < 1.29 is 19.1 Å². The molecule has 0 radical (unpaired) electrons. The van der Waals surface area contributed by atoms with Crippen LogP contribution in [0.1, 0.15) is 28.8 Å². The number of rotatable bonds is 7. The van der Waals surface area contributed by atoms with E-state index in [-0.39, 0.29) is 18.6 Å². The minimum absolute atomic E-state index is 0.235. The molecule has 0 spiro atoms. The van der Waals surface area contributed by atoms with Crippen molar-refractivity contribution in [1.29, 1.82) is 0 Å². The number of carbonyl (C=O) groups excluding carboxylic acids is 2. The highest BCUT2D eigenvalue weighted by Crippen LogP contribution is 2.27. The maximum atomic E-state index is 12.4. The third kappa shape index (κ3) is 5.58. The number of para-hydroxylation sites is 1. The fourth-order valence-electron chi connectivity index (χ4n) is 2.83. The van der Waals surface area contributed by atoms with E-state index < -0.39 is 5.97 Å². The molecule has 0 saturated carbocycles. The lowest BCUT2D eigenvalue weighted by Crippen LogP contribution is -2.21. The molecule has 1 heterocycles. The largest absolute Gasteiger partial charge is 0.452 e. The molecule has 0 aliphatic carbocycles. The molecule has 1 atom stereocenters. The van der Waals surface area contributed by atoms with Crippen LogP contribution >= 0.6 is 11.8 Å². The van der Waals surface area contributed by atoms with Gasteiger partial charge in [0.15, 0.2) is 6.61 Å². The summed E-state index contributed by atoms with van der Waals surface area (Å²) in [6, 6.07) is 14.8. The molecule has 1 fully saturated rings. The van der Waals surface area contributed by atoms with Crippen molar-refractivity contribution in [2.45, 2.75) is 30.8 Å². The van der Waals surface area contributed by atoms with E-state index in [0.717, 1.165) is 35.7 Å².